The van der Waals surface area contributed by atoms with Crippen molar-refractivity contribution in [2.75, 3.05) is 0 Å². The van der Waals surface area contributed by atoms with Gasteiger partial charge in [0.25, 0.3) is 0 Å². The molecule has 1 fully saturated rings. The fourth-order valence-corrected chi connectivity index (χ4v) is 0.555. The van der Waals surface area contributed by atoms with Crippen molar-refractivity contribution in [3.05, 3.63) is 0 Å². The summed E-state index contributed by atoms with van der Waals surface area (Å²) in [6.07, 6.45) is 2.28. The number of hydrogen-bond acceptors (Lipinski definition) is 1. The van der Waals surface area contributed by atoms with E-state index in [1.807, 2.05) is 0 Å². The van der Waals surface area contributed by atoms with Crippen LogP contribution in [0.4, 0.5) is 0 Å². The van der Waals surface area contributed by atoms with Crippen LogP contribution in [0.5, 0.6) is 0 Å². The maximum atomic E-state index is 6.78. The SMILES string of the molecule is N=C(Cl)C1CC1.[Pt]. The first-order valence-electron chi connectivity index (χ1n) is 2.04. The van der Waals surface area contributed by atoms with E-state index in [1.54, 1.807) is 0 Å². The summed E-state index contributed by atoms with van der Waals surface area (Å²) < 4.78 is 0. The maximum absolute atomic E-state index is 6.78. The van der Waals surface area contributed by atoms with Crippen LogP contribution in [0.25, 0.3) is 0 Å². The Bertz CT molecular complexity index is 79.8. The van der Waals surface area contributed by atoms with E-state index >= 15 is 0 Å². The summed E-state index contributed by atoms with van der Waals surface area (Å²) in [6, 6.07) is 0. The molecule has 0 aromatic heterocycles. The predicted octanol–water partition coefficient (Wildman–Crippen LogP) is 1.61. The van der Waals surface area contributed by atoms with Crippen LogP contribution in [0, 0.1) is 11.3 Å². The topological polar surface area (TPSA) is 23.9 Å². The average Bonchev–Trinajstić information content (AvgIpc) is 2.06. The van der Waals surface area contributed by atoms with E-state index in [0.29, 0.717) is 11.1 Å². The molecule has 0 aromatic rings. The summed E-state index contributed by atoms with van der Waals surface area (Å²) in [5.41, 5.74) is 0. The third-order valence-corrected chi connectivity index (χ3v) is 1.24. The van der Waals surface area contributed by atoms with Crippen molar-refractivity contribution in [1.29, 1.82) is 5.41 Å². The molecule has 0 aromatic carbocycles. The molecule has 3 heteroatoms. The second kappa shape index (κ2) is 2.84. The van der Waals surface area contributed by atoms with E-state index in [2.05, 4.69) is 0 Å². The summed E-state index contributed by atoms with van der Waals surface area (Å²) in [7, 11) is 0. The third kappa shape index (κ3) is 2.46. The van der Waals surface area contributed by atoms with Gasteiger partial charge in [-0.1, -0.05) is 11.6 Å². The Morgan fingerprint density at radius 1 is 1.57 bits per heavy atom. The molecule has 0 atom stereocenters. The van der Waals surface area contributed by atoms with Gasteiger partial charge in [-0.25, -0.2) is 0 Å². The molecule has 0 bridgehead atoms. The number of hydrogen-bond donors (Lipinski definition) is 1. The third-order valence-electron chi connectivity index (χ3n) is 0.936. The molecule has 1 nitrogen and oxygen atoms in total. The Morgan fingerprint density at radius 3 is 2.00 bits per heavy atom. The molecule has 7 heavy (non-hydrogen) atoms. The molecule has 1 aliphatic carbocycles. The molecule has 0 amide bonds. The first-order chi connectivity index (χ1) is 2.80. The van der Waals surface area contributed by atoms with Gasteiger partial charge in [0.1, 0.15) is 0 Å². The minimum Gasteiger partial charge on any atom is -0.293 e. The van der Waals surface area contributed by atoms with Crippen LogP contribution in [0.1, 0.15) is 12.8 Å². The van der Waals surface area contributed by atoms with Crippen molar-refractivity contribution < 1.29 is 21.1 Å². The van der Waals surface area contributed by atoms with Crippen LogP contribution in [-0.2, 0) is 21.1 Å². The van der Waals surface area contributed by atoms with Gasteiger partial charge in [0.15, 0.2) is 0 Å². The molecule has 1 N–H and O–H groups in total. The second-order valence-corrected chi connectivity index (χ2v) is 2.03. The van der Waals surface area contributed by atoms with Gasteiger partial charge in [0.2, 0.25) is 0 Å². The molecular formula is C4H6ClNPt. The molecule has 1 rings (SSSR count). The monoisotopic (exact) mass is 298 g/mol. The van der Waals surface area contributed by atoms with E-state index in [0.717, 1.165) is 12.8 Å². The molecule has 0 radical (unpaired) electrons. The summed E-state index contributed by atoms with van der Waals surface area (Å²) in [4.78, 5) is 0. The van der Waals surface area contributed by atoms with E-state index in [4.69, 9.17) is 17.0 Å². The van der Waals surface area contributed by atoms with Crippen molar-refractivity contribution in [3.63, 3.8) is 0 Å². The van der Waals surface area contributed by atoms with E-state index in [1.165, 1.54) is 0 Å². The summed E-state index contributed by atoms with van der Waals surface area (Å²) in [5.74, 6) is 0.451. The Kier molecular flexibility index (Phi) is 3.10. The van der Waals surface area contributed by atoms with Gasteiger partial charge in [-0.3, -0.25) is 5.41 Å². The van der Waals surface area contributed by atoms with Crippen LogP contribution in [-0.4, -0.2) is 5.17 Å². The van der Waals surface area contributed by atoms with Gasteiger partial charge in [-0.15, -0.1) is 0 Å². The summed E-state index contributed by atoms with van der Waals surface area (Å²) in [5, 5.41) is 7.12. The van der Waals surface area contributed by atoms with Crippen molar-refractivity contribution in [2.24, 2.45) is 5.92 Å². The molecular weight excluding hydrogens is 293 g/mol. The van der Waals surface area contributed by atoms with Crippen molar-refractivity contribution >= 4 is 16.8 Å². The Morgan fingerprint density at radius 2 is 2.00 bits per heavy atom. The molecule has 1 saturated carbocycles. The standard InChI is InChI=1S/C4H6ClN.Pt/c5-4(6)3-1-2-3;/h3,6H,1-2H2;. The molecule has 0 aliphatic heterocycles. The first kappa shape index (κ1) is 7.65. The smallest absolute Gasteiger partial charge is 0.1000 e. The fraction of sp³-hybridized carbons (Fsp3) is 0.750. The number of rotatable bonds is 1. The van der Waals surface area contributed by atoms with E-state index in [-0.39, 0.29) is 21.1 Å². The average molecular weight is 299 g/mol. The van der Waals surface area contributed by atoms with Crippen molar-refractivity contribution in [2.45, 2.75) is 12.8 Å². The molecule has 0 spiro atoms. The Balaban J connectivity index is 0.000000360. The van der Waals surface area contributed by atoms with Crippen molar-refractivity contribution in [1.82, 2.24) is 0 Å². The van der Waals surface area contributed by atoms with Gasteiger partial charge in [-0.05, 0) is 12.8 Å². The normalized spacial score (nSPS) is 17.9. The van der Waals surface area contributed by atoms with Gasteiger partial charge in [-0.2, -0.15) is 0 Å². The van der Waals surface area contributed by atoms with Crippen LogP contribution >= 0.6 is 11.6 Å². The fourth-order valence-electron chi connectivity index (χ4n) is 0.337. The Labute approximate surface area is 62.2 Å². The number of halogens is 1. The molecule has 0 saturated heterocycles. The molecule has 0 heterocycles. The van der Waals surface area contributed by atoms with Crippen LogP contribution in [0.3, 0.4) is 0 Å². The van der Waals surface area contributed by atoms with Crippen molar-refractivity contribution in [3.8, 4) is 0 Å². The molecule has 0 unspecified atom stereocenters. The van der Waals surface area contributed by atoms with Gasteiger partial charge < -0.3 is 0 Å². The largest absolute Gasteiger partial charge is 0.293 e. The first-order valence-corrected chi connectivity index (χ1v) is 2.42. The zero-order valence-electron chi connectivity index (χ0n) is 3.69. The molecule has 1 aliphatic rings. The zero-order valence-corrected chi connectivity index (χ0v) is 6.71. The van der Waals surface area contributed by atoms with Gasteiger partial charge >= 0.3 is 0 Å². The summed E-state index contributed by atoms with van der Waals surface area (Å²) in [6.45, 7) is 0. The molecule has 44 valence electrons. The van der Waals surface area contributed by atoms with Crippen LogP contribution < -0.4 is 0 Å². The van der Waals surface area contributed by atoms with E-state index in [9.17, 15) is 0 Å². The predicted molar refractivity (Wildman–Crippen MR) is 26.3 cm³/mol. The second-order valence-electron chi connectivity index (χ2n) is 1.62. The van der Waals surface area contributed by atoms with Gasteiger partial charge in [0.05, 0.1) is 5.17 Å². The quantitative estimate of drug-likeness (QED) is 0.711. The minimum atomic E-state index is 0. The van der Waals surface area contributed by atoms with Gasteiger partial charge in [0, 0.05) is 27.0 Å². The van der Waals surface area contributed by atoms with Crippen LogP contribution in [0.2, 0.25) is 0 Å². The number of nitrogens with one attached hydrogen (secondary N) is 1. The summed E-state index contributed by atoms with van der Waals surface area (Å²) >= 11 is 5.26. The Hall–Kier alpha value is 0.648. The zero-order chi connectivity index (χ0) is 4.57. The minimum absolute atomic E-state index is 0. The van der Waals surface area contributed by atoms with E-state index < -0.39 is 0 Å². The maximum Gasteiger partial charge on any atom is 0.1000 e. The van der Waals surface area contributed by atoms with Crippen LogP contribution in [0.15, 0.2) is 0 Å².